The summed E-state index contributed by atoms with van der Waals surface area (Å²) in [6.45, 7) is 4.19. The van der Waals surface area contributed by atoms with Gasteiger partial charge in [0.05, 0.1) is 11.9 Å². The summed E-state index contributed by atoms with van der Waals surface area (Å²) in [5.74, 6) is 0.919. The third-order valence-electron chi connectivity index (χ3n) is 3.03. The molecule has 1 nitrogen and oxygen atoms in total. The molecule has 0 aliphatic heterocycles. The highest BCUT2D eigenvalue weighted by atomic mass is 79.9. The average Bonchev–Trinajstić information content (AvgIpc) is 2.39. The number of benzene rings is 2. The van der Waals surface area contributed by atoms with Crippen LogP contribution in [0.5, 0.6) is 5.75 Å². The Morgan fingerprint density at radius 2 is 1.56 bits per heavy atom. The predicted octanol–water partition coefficient (Wildman–Crippen LogP) is 4.80. The summed E-state index contributed by atoms with van der Waals surface area (Å²) in [4.78, 5) is 0.160. The van der Waals surface area contributed by atoms with Crippen LogP contribution in [0.4, 0.5) is 0 Å². The molecule has 18 heavy (non-hydrogen) atoms. The SMILES string of the molecule is COc1ccc(C)cc1C(Br)c1ccc(C)cc1. The van der Waals surface area contributed by atoms with Crippen LogP contribution in [0.2, 0.25) is 0 Å². The molecule has 0 radical (unpaired) electrons. The van der Waals surface area contributed by atoms with E-state index in [-0.39, 0.29) is 4.83 Å². The summed E-state index contributed by atoms with van der Waals surface area (Å²) in [5.41, 5.74) is 4.92. The lowest BCUT2D eigenvalue weighted by atomic mass is 10.0. The van der Waals surface area contributed by atoms with Gasteiger partial charge >= 0.3 is 0 Å². The Morgan fingerprint density at radius 1 is 0.944 bits per heavy atom. The van der Waals surface area contributed by atoms with E-state index in [1.807, 2.05) is 6.07 Å². The molecule has 0 aliphatic rings. The van der Waals surface area contributed by atoms with Gasteiger partial charge in [-0.25, -0.2) is 0 Å². The third-order valence-corrected chi connectivity index (χ3v) is 4.05. The van der Waals surface area contributed by atoms with Gasteiger partial charge in [0, 0.05) is 5.56 Å². The van der Waals surface area contributed by atoms with Gasteiger partial charge in [-0.05, 0) is 25.5 Å². The van der Waals surface area contributed by atoms with E-state index in [1.54, 1.807) is 7.11 Å². The second-order valence-electron chi connectivity index (χ2n) is 4.52. The van der Waals surface area contributed by atoms with Gasteiger partial charge in [0.2, 0.25) is 0 Å². The summed E-state index contributed by atoms with van der Waals surface area (Å²) in [6, 6.07) is 14.8. The first-order valence-electron chi connectivity index (χ1n) is 5.97. The summed E-state index contributed by atoms with van der Waals surface area (Å²) in [6.07, 6.45) is 0. The highest BCUT2D eigenvalue weighted by molar-refractivity contribution is 9.09. The van der Waals surface area contributed by atoms with Crippen molar-refractivity contribution in [3.8, 4) is 5.75 Å². The van der Waals surface area contributed by atoms with E-state index in [0.29, 0.717) is 0 Å². The molecule has 1 atom stereocenters. The van der Waals surface area contributed by atoms with Crippen LogP contribution < -0.4 is 4.74 Å². The topological polar surface area (TPSA) is 9.23 Å². The van der Waals surface area contributed by atoms with Gasteiger partial charge in [-0.1, -0.05) is 63.5 Å². The smallest absolute Gasteiger partial charge is 0.123 e. The van der Waals surface area contributed by atoms with Crippen molar-refractivity contribution in [2.24, 2.45) is 0 Å². The number of alkyl halides is 1. The van der Waals surface area contributed by atoms with Crippen LogP contribution in [0.1, 0.15) is 27.1 Å². The molecule has 0 N–H and O–H groups in total. The van der Waals surface area contributed by atoms with Crippen molar-refractivity contribution < 1.29 is 4.74 Å². The maximum atomic E-state index is 5.44. The molecule has 0 bridgehead atoms. The second-order valence-corrected chi connectivity index (χ2v) is 5.43. The Labute approximate surface area is 117 Å². The summed E-state index contributed by atoms with van der Waals surface area (Å²) in [5, 5.41) is 0. The van der Waals surface area contributed by atoms with Crippen molar-refractivity contribution >= 4 is 15.9 Å². The first-order valence-corrected chi connectivity index (χ1v) is 6.88. The van der Waals surface area contributed by atoms with E-state index in [4.69, 9.17) is 4.74 Å². The van der Waals surface area contributed by atoms with E-state index in [9.17, 15) is 0 Å². The number of hydrogen-bond acceptors (Lipinski definition) is 1. The fourth-order valence-corrected chi connectivity index (χ4v) is 2.63. The lowest BCUT2D eigenvalue weighted by Gasteiger charge is -2.15. The molecule has 0 spiro atoms. The molecule has 2 aromatic rings. The molecular formula is C16H17BrO. The van der Waals surface area contributed by atoms with E-state index in [2.05, 4.69) is 66.2 Å². The molecule has 2 aromatic carbocycles. The zero-order valence-corrected chi connectivity index (χ0v) is 12.5. The molecule has 2 heteroatoms. The minimum atomic E-state index is 0.160. The van der Waals surface area contributed by atoms with Gasteiger partial charge in [-0.15, -0.1) is 0 Å². The maximum absolute atomic E-state index is 5.44. The minimum Gasteiger partial charge on any atom is -0.496 e. The normalized spacial score (nSPS) is 12.2. The van der Waals surface area contributed by atoms with E-state index < -0.39 is 0 Å². The van der Waals surface area contributed by atoms with Crippen molar-refractivity contribution in [1.29, 1.82) is 0 Å². The molecule has 0 amide bonds. The van der Waals surface area contributed by atoms with Crippen LogP contribution in [0.3, 0.4) is 0 Å². The van der Waals surface area contributed by atoms with Gasteiger partial charge in [-0.3, -0.25) is 0 Å². The molecule has 1 unspecified atom stereocenters. The molecule has 0 saturated heterocycles. The van der Waals surface area contributed by atoms with Crippen molar-refractivity contribution in [3.05, 3.63) is 64.7 Å². The Balaban J connectivity index is 2.41. The number of hydrogen-bond donors (Lipinski definition) is 0. The van der Waals surface area contributed by atoms with Crippen molar-refractivity contribution in [2.75, 3.05) is 7.11 Å². The van der Waals surface area contributed by atoms with Crippen LogP contribution in [-0.2, 0) is 0 Å². The van der Waals surface area contributed by atoms with Crippen LogP contribution >= 0.6 is 15.9 Å². The van der Waals surface area contributed by atoms with E-state index in [0.717, 1.165) is 5.75 Å². The highest BCUT2D eigenvalue weighted by Gasteiger charge is 2.15. The zero-order valence-electron chi connectivity index (χ0n) is 10.9. The van der Waals surface area contributed by atoms with Gasteiger partial charge < -0.3 is 4.74 Å². The monoisotopic (exact) mass is 304 g/mol. The number of halogens is 1. The van der Waals surface area contributed by atoms with Gasteiger partial charge in [0.25, 0.3) is 0 Å². The highest BCUT2D eigenvalue weighted by Crippen LogP contribution is 2.37. The molecular weight excluding hydrogens is 288 g/mol. The van der Waals surface area contributed by atoms with Crippen molar-refractivity contribution in [2.45, 2.75) is 18.7 Å². The fourth-order valence-electron chi connectivity index (χ4n) is 1.97. The maximum Gasteiger partial charge on any atom is 0.123 e. The standard InChI is InChI=1S/C16H17BrO/c1-11-4-7-13(8-5-11)16(17)14-10-12(2)6-9-15(14)18-3/h4-10,16H,1-3H3. The first-order chi connectivity index (χ1) is 8.61. The van der Waals surface area contributed by atoms with Gasteiger partial charge in [0.15, 0.2) is 0 Å². The Bertz CT molecular complexity index is 531. The minimum absolute atomic E-state index is 0.160. The van der Waals surface area contributed by atoms with E-state index in [1.165, 1.54) is 22.3 Å². The lowest BCUT2D eigenvalue weighted by Crippen LogP contribution is -1.97. The van der Waals surface area contributed by atoms with E-state index >= 15 is 0 Å². The third kappa shape index (κ3) is 2.75. The molecule has 0 aromatic heterocycles. The molecule has 2 rings (SSSR count). The van der Waals surface area contributed by atoms with Crippen molar-refractivity contribution in [1.82, 2.24) is 0 Å². The fraction of sp³-hybridized carbons (Fsp3) is 0.250. The Hall–Kier alpha value is -1.28. The molecule has 94 valence electrons. The first kappa shape index (κ1) is 13.2. The largest absolute Gasteiger partial charge is 0.496 e. The quantitative estimate of drug-likeness (QED) is 0.740. The predicted molar refractivity (Wildman–Crippen MR) is 79.7 cm³/mol. The number of aryl methyl sites for hydroxylation is 2. The molecule has 0 fully saturated rings. The Morgan fingerprint density at radius 3 is 2.17 bits per heavy atom. The number of ether oxygens (including phenoxy) is 1. The second kappa shape index (κ2) is 5.57. The average molecular weight is 305 g/mol. The van der Waals surface area contributed by atoms with Crippen molar-refractivity contribution in [3.63, 3.8) is 0 Å². The summed E-state index contributed by atoms with van der Waals surface area (Å²) < 4.78 is 5.44. The summed E-state index contributed by atoms with van der Waals surface area (Å²) in [7, 11) is 1.71. The molecule has 0 aliphatic carbocycles. The zero-order chi connectivity index (χ0) is 13.1. The number of rotatable bonds is 3. The lowest BCUT2D eigenvalue weighted by molar-refractivity contribution is 0.410. The molecule has 0 heterocycles. The van der Waals surface area contributed by atoms with Gasteiger partial charge in [0.1, 0.15) is 5.75 Å². The number of methoxy groups -OCH3 is 1. The van der Waals surface area contributed by atoms with Crippen LogP contribution in [0, 0.1) is 13.8 Å². The van der Waals surface area contributed by atoms with Gasteiger partial charge in [-0.2, -0.15) is 0 Å². The van der Waals surface area contributed by atoms with Crippen LogP contribution in [0.25, 0.3) is 0 Å². The summed E-state index contributed by atoms with van der Waals surface area (Å²) >= 11 is 3.76. The van der Waals surface area contributed by atoms with Crippen LogP contribution in [0.15, 0.2) is 42.5 Å². The molecule has 0 saturated carbocycles. The Kier molecular flexibility index (Phi) is 4.07. The van der Waals surface area contributed by atoms with Crippen LogP contribution in [-0.4, -0.2) is 7.11 Å².